The van der Waals surface area contributed by atoms with Crippen LogP contribution in [0, 0.1) is 0 Å². The number of ether oxygens (including phenoxy) is 1. The number of esters is 1. The number of aliphatic imine (C=N–C) groups is 1. The van der Waals surface area contributed by atoms with Crippen LogP contribution < -0.4 is 11.1 Å². The van der Waals surface area contributed by atoms with Crippen LogP contribution in [0.15, 0.2) is 23.2 Å². The minimum atomic E-state index is -0.186. The molecule has 22 heavy (non-hydrogen) atoms. The lowest BCUT2D eigenvalue weighted by molar-refractivity contribution is -0.143. The number of nitrogens with zero attached hydrogens (tertiary/aromatic N) is 1. The Labute approximate surface area is 133 Å². The van der Waals surface area contributed by atoms with Crippen molar-refractivity contribution >= 4 is 17.6 Å². The largest absolute Gasteiger partial charge is 0.466 e. The third kappa shape index (κ3) is 5.76. The molecule has 3 N–H and O–H groups in total. The zero-order chi connectivity index (χ0) is 16.4. The molecule has 0 atom stereocenters. The first-order chi connectivity index (χ1) is 10.6. The predicted molar refractivity (Wildman–Crippen MR) is 91.2 cm³/mol. The van der Waals surface area contributed by atoms with Crippen LogP contribution in [0.3, 0.4) is 0 Å². The standard InChI is InChI=1S/C17H27N3O2/c1-4-13-9-7-10-14(5-2)16(13)20-17(18)19-12-8-11-15(21)22-6-3/h7,9-10H,4-6,8,11-12H2,1-3H3,(H3,18,19,20). The first-order valence-corrected chi connectivity index (χ1v) is 7.95. The van der Waals surface area contributed by atoms with Crippen LogP contribution in [-0.4, -0.2) is 25.1 Å². The number of carbonyl (C=O) groups excluding carboxylic acids is 1. The second kappa shape index (κ2) is 9.82. The molecule has 0 aliphatic rings. The van der Waals surface area contributed by atoms with Gasteiger partial charge in [-0.15, -0.1) is 0 Å². The van der Waals surface area contributed by atoms with Crippen LogP contribution in [0.2, 0.25) is 0 Å². The van der Waals surface area contributed by atoms with Crippen LogP contribution in [0.1, 0.15) is 44.7 Å². The predicted octanol–water partition coefficient (Wildman–Crippen LogP) is 2.88. The maximum Gasteiger partial charge on any atom is 0.305 e. The van der Waals surface area contributed by atoms with Crippen molar-refractivity contribution in [1.82, 2.24) is 0 Å². The highest BCUT2D eigenvalue weighted by atomic mass is 16.5. The summed E-state index contributed by atoms with van der Waals surface area (Å²) in [5.74, 6) is 0.202. The molecule has 1 aromatic carbocycles. The number of carbonyl (C=O) groups is 1. The van der Waals surface area contributed by atoms with Crippen LogP contribution in [0.25, 0.3) is 0 Å². The topological polar surface area (TPSA) is 76.7 Å². The smallest absolute Gasteiger partial charge is 0.305 e. The van der Waals surface area contributed by atoms with Crippen molar-refractivity contribution in [3.63, 3.8) is 0 Å². The van der Waals surface area contributed by atoms with Crippen molar-refractivity contribution in [2.75, 3.05) is 18.5 Å². The molecule has 0 aliphatic heterocycles. The third-order valence-corrected chi connectivity index (χ3v) is 3.38. The van der Waals surface area contributed by atoms with Gasteiger partial charge in [0.05, 0.1) is 6.61 Å². The summed E-state index contributed by atoms with van der Waals surface area (Å²) >= 11 is 0. The first-order valence-electron chi connectivity index (χ1n) is 7.95. The van der Waals surface area contributed by atoms with E-state index >= 15 is 0 Å². The van der Waals surface area contributed by atoms with E-state index in [0.29, 0.717) is 32.0 Å². The first kappa shape index (κ1) is 18.0. The molecule has 0 saturated carbocycles. The van der Waals surface area contributed by atoms with E-state index in [9.17, 15) is 4.79 Å². The quantitative estimate of drug-likeness (QED) is 0.335. The van der Waals surface area contributed by atoms with E-state index in [-0.39, 0.29) is 5.97 Å². The van der Waals surface area contributed by atoms with Crippen molar-refractivity contribution in [3.8, 4) is 0 Å². The summed E-state index contributed by atoms with van der Waals surface area (Å²) in [6, 6.07) is 6.25. The Morgan fingerprint density at radius 1 is 1.23 bits per heavy atom. The van der Waals surface area contributed by atoms with Gasteiger partial charge >= 0.3 is 5.97 Å². The highest BCUT2D eigenvalue weighted by Crippen LogP contribution is 2.22. The van der Waals surface area contributed by atoms with E-state index in [1.807, 2.05) is 0 Å². The Morgan fingerprint density at radius 2 is 1.86 bits per heavy atom. The third-order valence-electron chi connectivity index (χ3n) is 3.38. The van der Waals surface area contributed by atoms with Gasteiger partial charge in [0, 0.05) is 18.7 Å². The molecular formula is C17H27N3O2. The molecule has 1 aromatic rings. The minimum Gasteiger partial charge on any atom is -0.466 e. The second-order valence-electron chi connectivity index (χ2n) is 4.96. The van der Waals surface area contributed by atoms with Gasteiger partial charge in [0.2, 0.25) is 0 Å². The van der Waals surface area contributed by atoms with Gasteiger partial charge in [-0.1, -0.05) is 32.0 Å². The van der Waals surface area contributed by atoms with Crippen molar-refractivity contribution in [3.05, 3.63) is 29.3 Å². The molecule has 0 unspecified atom stereocenters. The summed E-state index contributed by atoms with van der Waals surface area (Å²) < 4.78 is 4.87. The summed E-state index contributed by atoms with van der Waals surface area (Å²) in [6.45, 7) is 6.96. The van der Waals surface area contributed by atoms with Crippen LogP contribution in [-0.2, 0) is 22.4 Å². The van der Waals surface area contributed by atoms with Gasteiger partial charge in [-0.3, -0.25) is 9.79 Å². The lowest BCUT2D eigenvalue weighted by Crippen LogP contribution is -2.24. The summed E-state index contributed by atoms with van der Waals surface area (Å²) in [7, 11) is 0. The molecule has 122 valence electrons. The zero-order valence-electron chi connectivity index (χ0n) is 13.8. The van der Waals surface area contributed by atoms with Gasteiger partial charge in [0.25, 0.3) is 0 Å². The van der Waals surface area contributed by atoms with Gasteiger partial charge in [-0.05, 0) is 37.3 Å². The van der Waals surface area contributed by atoms with Gasteiger partial charge in [0.15, 0.2) is 5.96 Å². The molecule has 5 nitrogen and oxygen atoms in total. The van der Waals surface area contributed by atoms with Crippen LogP contribution >= 0.6 is 0 Å². The average Bonchev–Trinajstić information content (AvgIpc) is 2.52. The maximum absolute atomic E-state index is 11.2. The number of guanidine groups is 1. The van der Waals surface area contributed by atoms with Crippen LogP contribution in [0.5, 0.6) is 0 Å². The van der Waals surface area contributed by atoms with E-state index < -0.39 is 0 Å². The van der Waals surface area contributed by atoms with Crippen molar-refractivity contribution in [2.24, 2.45) is 10.7 Å². The Balaban J connectivity index is 2.59. The summed E-state index contributed by atoms with van der Waals surface area (Å²) in [5, 5.41) is 3.21. The molecule has 0 fully saturated rings. The van der Waals surface area contributed by atoms with E-state index in [0.717, 1.165) is 18.5 Å². The lowest BCUT2D eigenvalue weighted by atomic mass is 10.0. The Bertz CT molecular complexity index is 490. The van der Waals surface area contributed by atoms with Crippen LogP contribution in [0.4, 0.5) is 5.69 Å². The molecule has 1 rings (SSSR count). The molecule has 0 saturated heterocycles. The van der Waals surface area contributed by atoms with Gasteiger partial charge in [-0.25, -0.2) is 0 Å². The molecule has 0 aromatic heterocycles. The average molecular weight is 305 g/mol. The fraction of sp³-hybridized carbons (Fsp3) is 0.529. The monoisotopic (exact) mass is 305 g/mol. The van der Waals surface area contributed by atoms with Gasteiger partial charge in [-0.2, -0.15) is 0 Å². The number of hydrogen-bond acceptors (Lipinski definition) is 3. The summed E-state index contributed by atoms with van der Waals surface area (Å²) in [6.07, 6.45) is 2.88. The Hall–Kier alpha value is -2.04. The maximum atomic E-state index is 11.2. The normalized spacial score (nSPS) is 11.3. The summed E-state index contributed by atoms with van der Waals surface area (Å²) in [5.41, 5.74) is 9.46. The van der Waals surface area contributed by atoms with Crippen molar-refractivity contribution in [1.29, 1.82) is 0 Å². The van der Waals surface area contributed by atoms with E-state index in [1.165, 1.54) is 11.1 Å². The van der Waals surface area contributed by atoms with Crippen molar-refractivity contribution in [2.45, 2.75) is 46.5 Å². The highest BCUT2D eigenvalue weighted by Gasteiger charge is 2.07. The zero-order valence-corrected chi connectivity index (χ0v) is 13.8. The minimum absolute atomic E-state index is 0.186. The number of nitrogens with one attached hydrogen (secondary N) is 1. The number of aryl methyl sites for hydroxylation is 2. The number of nitrogens with two attached hydrogens (primary N) is 1. The van der Waals surface area contributed by atoms with Gasteiger partial charge in [0.1, 0.15) is 0 Å². The molecule has 0 bridgehead atoms. The SMILES string of the molecule is CCOC(=O)CCCN=C(N)Nc1c(CC)cccc1CC. The van der Waals surface area contributed by atoms with E-state index in [4.69, 9.17) is 10.5 Å². The second-order valence-corrected chi connectivity index (χ2v) is 4.96. The molecule has 0 heterocycles. The number of benzene rings is 1. The molecular weight excluding hydrogens is 278 g/mol. The van der Waals surface area contributed by atoms with Crippen molar-refractivity contribution < 1.29 is 9.53 Å². The number of anilines is 1. The Kier molecular flexibility index (Phi) is 8.04. The Morgan fingerprint density at radius 3 is 2.41 bits per heavy atom. The molecule has 0 radical (unpaired) electrons. The summed E-state index contributed by atoms with van der Waals surface area (Å²) in [4.78, 5) is 15.5. The molecule has 0 spiro atoms. The molecule has 0 amide bonds. The van der Waals surface area contributed by atoms with Gasteiger partial charge < -0.3 is 15.8 Å². The number of rotatable bonds is 8. The fourth-order valence-electron chi connectivity index (χ4n) is 2.23. The molecule has 5 heteroatoms. The number of hydrogen-bond donors (Lipinski definition) is 2. The lowest BCUT2D eigenvalue weighted by Gasteiger charge is -2.14. The fourth-order valence-corrected chi connectivity index (χ4v) is 2.23. The highest BCUT2D eigenvalue weighted by molar-refractivity contribution is 5.93. The van der Waals surface area contributed by atoms with E-state index in [2.05, 4.69) is 42.4 Å². The molecule has 0 aliphatic carbocycles. The van der Waals surface area contributed by atoms with E-state index in [1.54, 1.807) is 6.92 Å². The number of para-hydroxylation sites is 1.